The van der Waals surface area contributed by atoms with E-state index >= 15 is 0 Å². The lowest BCUT2D eigenvalue weighted by Crippen LogP contribution is -2.39. The number of rotatable bonds is 8. The predicted molar refractivity (Wildman–Crippen MR) is 114 cm³/mol. The number of hydrogen-bond donors (Lipinski definition) is 0. The molecule has 3 aromatic rings. The van der Waals surface area contributed by atoms with Crippen molar-refractivity contribution in [3.05, 3.63) is 77.1 Å². The lowest BCUT2D eigenvalue weighted by atomic mass is 10.1. The number of carbonyl (C=O) groups is 1. The van der Waals surface area contributed by atoms with Gasteiger partial charge >= 0.3 is 0 Å². The number of hydrogen-bond acceptors (Lipinski definition) is 4. The molecule has 3 unspecified atom stereocenters. The number of carbonyl (C=O) groups excluding carboxylic acids is 1. The Labute approximate surface area is 177 Å². The van der Waals surface area contributed by atoms with Gasteiger partial charge in [0.1, 0.15) is 23.0 Å². The summed E-state index contributed by atoms with van der Waals surface area (Å²) in [6, 6.07) is 13.7. The summed E-state index contributed by atoms with van der Waals surface area (Å²) in [5, 5.41) is 0. The van der Waals surface area contributed by atoms with Crippen LogP contribution in [0.4, 0.5) is 0 Å². The Kier molecular flexibility index (Phi) is 5.71. The van der Waals surface area contributed by atoms with Crippen LogP contribution in [0, 0.1) is 19.8 Å². The van der Waals surface area contributed by atoms with Crippen molar-refractivity contribution in [3.8, 4) is 5.75 Å². The van der Waals surface area contributed by atoms with Crippen molar-refractivity contribution in [2.24, 2.45) is 5.92 Å². The van der Waals surface area contributed by atoms with Crippen LogP contribution >= 0.6 is 0 Å². The maximum atomic E-state index is 13.3. The Morgan fingerprint density at radius 2 is 1.83 bits per heavy atom. The van der Waals surface area contributed by atoms with Crippen molar-refractivity contribution in [1.29, 1.82) is 0 Å². The van der Waals surface area contributed by atoms with Gasteiger partial charge in [-0.1, -0.05) is 13.0 Å². The lowest BCUT2D eigenvalue weighted by molar-refractivity contribution is -0.139. The van der Waals surface area contributed by atoms with E-state index in [0.717, 1.165) is 28.4 Å². The van der Waals surface area contributed by atoms with Gasteiger partial charge in [-0.2, -0.15) is 0 Å². The van der Waals surface area contributed by atoms with Crippen molar-refractivity contribution in [3.63, 3.8) is 0 Å². The minimum Gasteiger partial charge on any atom is -0.481 e. The molecule has 1 aliphatic carbocycles. The van der Waals surface area contributed by atoms with Crippen LogP contribution in [0.15, 0.2) is 57.6 Å². The monoisotopic (exact) mass is 407 g/mol. The van der Waals surface area contributed by atoms with E-state index in [0.29, 0.717) is 30.7 Å². The average molecular weight is 408 g/mol. The van der Waals surface area contributed by atoms with Crippen LogP contribution in [-0.4, -0.2) is 16.9 Å². The first-order valence-electron chi connectivity index (χ1n) is 10.5. The van der Waals surface area contributed by atoms with Gasteiger partial charge in [-0.25, -0.2) is 0 Å². The molecule has 30 heavy (non-hydrogen) atoms. The molecule has 4 rings (SSSR count). The Morgan fingerprint density at radius 1 is 1.13 bits per heavy atom. The van der Waals surface area contributed by atoms with Crippen LogP contribution in [-0.2, 0) is 17.9 Å². The fourth-order valence-electron chi connectivity index (χ4n) is 3.90. The maximum Gasteiger partial charge on any atom is 0.264 e. The molecule has 3 atom stereocenters. The molecular weight excluding hydrogens is 378 g/mol. The van der Waals surface area contributed by atoms with E-state index < -0.39 is 6.10 Å². The van der Waals surface area contributed by atoms with Crippen molar-refractivity contribution in [2.75, 3.05) is 0 Å². The number of nitrogens with zero attached hydrogens (tertiary/aromatic N) is 1. The number of amides is 1. The zero-order valence-electron chi connectivity index (χ0n) is 18.1. The van der Waals surface area contributed by atoms with Crippen LogP contribution < -0.4 is 4.74 Å². The Balaban J connectivity index is 1.49. The maximum absolute atomic E-state index is 13.3. The van der Waals surface area contributed by atoms with Crippen molar-refractivity contribution < 1.29 is 18.4 Å². The third-order valence-corrected chi connectivity index (χ3v) is 5.60. The topological polar surface area (TPSA) is 55.8 Å². The molecule has 0 aliphatic heterocycles. The average Bonchev–Trinajstić information content (AvgIpc) is 3.09. The molecule has 1 fully saturated rings. The molecule has 0 N–H and O–H groups in total. The zero-order chi connectivity index (χ0) is 21.3. The molecule has 0 saturated heterocycles. The van der Waals surface area contributed by atoms with E-state index in [4.69, 9.17) is 13.6 Å². The van der Waals surface area contributed by atoms with Gasteiger partial charge in [0, 0.05) is 5.92 Å². The van der Waals surface area contributed by atoms with Gasteiger partial charge in [-0.15, -0.1) is 0 Å². The van der Waals surface area contributed by atoms with E-state index in [9.17, 15) is 4.79 Å². The Bertz CT molecular complexity index is 984. The van der Waals surface area contributed by atoms with E-state index in [2.05, 4.69) is 13.0 Å². The van der Waals surface area contributed by atoms with Gasteiger partial charge in [0.15, 0.2) is 6.10 Å². The van der Waals surface area contributed by atoms with E-state index in [-0.39, 0.29) is 5.91 Å². The van der Waals surface area contributed by atoms with Gasteiger partial charge < -0.3 is 18.5 Å². The number of furan rings is 2. The van der Waals surface area contributed by atoms with Gasteiger partial charge in [0.05, 0.1) is 19.4 Å². The Morgan fingerprint density at radius 3 is 2.47 bits per heavy atom. The van der Waals surface area contributed by atoms with Gasteiger partial charge in [0.2, 0.25) is 0 Å². The predicted octanol–water partition coefficient (Wildman–Crippen LogP) is 5.61. The molecule has 2 heterocycles. The summed E-state index contributed by atoms with van der Waals surface area (Å²) in [7, 11) is 0. The summed E-state index contributed by atoms with van der Waals surface area (Å²) in [6.45, 7) is 8.79. The summed E-state index contributed by atoms with van der Waals surface area (Å²) in [6.07, 6.45) is 2.16. The molecule has 0 radical (unpaired) electrons. The number of ether oxygens (including phenoxy) is 1. The minimum atomic E-state index is -0.626. The molecule has 5 heteroatoms. The highest BCUT2D eigenvalue weighted by Gasteiger charge is 2.36. The molecule has 1 aromatic carbocycles. The second-order valence-corrected chi connectivity index (χ2v) is 8.48. The van der Waals surface area contributed by atoms with Crippen LogP contribution in [0.2, 0.25) is 0 Å². The second-order valence-electron chi connectivity index (χ2n) is 8.48. The summed E-state index contributed by atoms with van der Waals surface area (Å²) < 4.78 is 17.5. The molecule has 0 spiro atoms. The first-order chi connectivity index (χ1) is 14.4. The highest BCUT2D eigenvalue weighted by Crippen LogP contribution is 2.47. The highest BCUT2D eigenvalue weighted by atomic mass is 16.5. The smallest absolute Gasteiger partial charge is 0.264 e. The first-order valence-corrected chi connectivity index (χ1v) is 10.5. The molecular formula is C25H29NO4. The van der Waals surface area contributed by atoms with E-state index in [1.165, 1.54) is 6.42 Å². The zero-order valence-corrected chi connectivity index (χ0v) is 18.1. The van der Waals surface area contributed by atoms with Crippen LogP contribution in [0.1, 0.15) is 54.6 Å². The quantitative estimate of drug-likeness (QED) is 0.487. The van der Waals surface area contributed by atoms with Crippen molar-refractivity contribution >= 4 is 5.91 Å². The fraction of sp³-hybridized carbons (Fsp3) is 0.400. The van der Waals surface area contributed by atoms with Gasteiger partial charge in [0.25, 0.3) is 5.91 Å². The second kappa shape index (κ2) is 8.42. The lowest BCUT2D eigenvalue weighted by Gasteiger charge is -2.25. The van der Waals surface area contributed by atoms with Crippen LogP contribution in [0.3, 0.4) is 0 Å². The number of benzene rings is 1. The van der Waals surface area contributed by atoms with Gasteiger partial charge in [-0.3, -0.25) is 4.79 Å². The number of aryl methyl sites for hydroxylation is 2. The van der Waals surface area contributed by atoms with Crippen molar-refractivity contribution in [1.82, 2.24) is 4.90 Å². The summed E-state index contributed by atoms with van der Waals surface area (Å²) in [5.41, 5.74) is 2.21. The van der Waals surface area contributed by atoms with Crippen molar-refractivity contribution in [2.45, 2.75) is 59.2 Å². The summed E-state index contributed by atoms with van der Waals surface area (Å²) in [5.74, 6) is 4.31. The highest BCUT2D eigenvalue weighted by molar-refractivity contribution is 5.80. The summed E-state index contributed by atoms with van der Waals surface area (Å²) >= 11 is 0. The fourth-order valence-corrected chi connectivity index (χ4v) is 3.90. The van der Waals surface area contributed by atoms with E-state index in [1.807, 2.05) is 50.2 Å². The summed E-state index contributed by atoms with van der Waals surface area (Å²) in [4.78, 5) is 15.0. The standard InChI is InChI=1S/C25H29NO4/c1-16-10-17(2)12-22(11-16)29-19(4)25(27)26(14-20-6-5-9-28-20)15-21-7-8-24(30-21)23-13-18(23)3/h5-12,18-19,23H,13-15H2,1-4H3. The molecule has 1 amide bonds. The molecule has 158 valence electrons. The van der Waals surface area contributed by atoms with Gasteiger partial charge in [-0.05, 0) is 80.6 Å². The SMILES string of the molecule is Cc1cc(C)cc(OC(C)C(=O)N(Cc2ccco2)Cc2ccc(C3CC3C)o2)c1. The van der Waals surface area contributed by atoms with Crippen LogP contribution in [0.5, 0.6) is 5.75 Å². The molecule has 2 aromatic heterocycles. The van der Waals surface area contributed by atoms with Crippen LogP contribution in [0.25, 0.3) is 0 Å². The molecule has 1 aliphatic rings. The van der Waals surface area contributed by atoms with E-state index in [1.54, 1.807) is 18.1 Å². The largest absolute Gasteiger partial charge is 0.481 e. The third kappa shape index (κ3) is 4.78. The molecule has 5 nitrogen and oxygen atoms in total. The Hall–Kier alpha value is -2.95. The normalized spacial score (nSPS) is 18.8. The minimum absolute atomic E-state index is 0.108. The molecule has 1 saturated carbocycles. The third-order valence-electron chi connectivity index (χ3n) is 5.60. The molecule has 0 bridgehead atoms. The first kappa shape index (κ1) is 20.3.